The molecule has 3 rings (SSSR count). The number of carbonyl (C=O) groups is 1. The monoisotopic (exact) mass is 393 g/mol. The highest BCUT2D eigenvalue weighted by Crippen LogP contribution is 2.29. The zero-order valence-corrected chi connectivity index (χ0v) is 14.7. The summed E-state index contributed by atoms with van der Waals surface area (Å²) in [4.78, 5) is 14.5. The van der Waals surface area contributed by atoms with Gasteiger partial charge in [0.1, 0.15) is 0 Å². The summed E-state index contributed by atoms with van der Waals surface area (Å²) in [6.45, 7) is 0.584. The number of hydrogen-bond acceptors (Lipinski definition) is 1. The van der Waals surface area contributed by atoms with Crippen LogP contribution in [-0.2, 0) is 17.8 Å². The molecule has 1 fully saturated rings. The second-order valence-electron chi connectivity index (χ2n) is 6.13. The Kier molecular flexibility index (Phi) is 5.29. The van der Waals surface area contributed by atoms with Crippen molar-refractivity contribution in [3.05, 3.63) is 69.7 Å². The van der Waals surface area contributed by atoms with Gasteiger partial charge < -0.3 is 4.90 Å². The van der Waals surface area contributed by atoms with E-state index in [9.17, 15) is 13.6 Å². The molecule has 0 aliphatic heterocycles. The molecule has 0 spiro atoms. The topological polar surface area (TPSA) is 20.3 Å². The molecule has 1 amide bonds. The Bertz CT molecular complexity index is 746. The van der Waals surface area contributed by atoms with Crippen molar-refractivity contribution >= 4 is 21.8 Å². The van der Waals surface area contributed by atoms with Gasteiger partial charge in [-0.05, 0) is 54.7 Å². The summed E-state index contributed by atoms with van der Waals surface area (Å²) in [5.74, 6) is -1.67. The van der Waals surface area contributed by atoms with Crippen LogP contribution < -0.4 is 0 Å². The van der Waals surface area contributed by atoms with Gasteiger partial charge in [-0.1, -0.05) is 34.1 Å². The standard InChI is InChI=1S/C19H18BrF2NO/c20-15-3-1-2-14(10-15)12-23(16-6-7-16)19(24)9-5-13-4-8-17(21)18(22)11-13/h1-4,8,10-11,16H,5-7,9,12H2. The fraction of sp³-hybridized carbons (Fsp3) is 0.316. The Hall–Kier alpha value is -1.75. The molecule has 0 heterocycles. The van der Waals surface area contributed by atoms with Crippen molar-refractivity contribution in [2.45, 2.75) is 38.3 Å². The second-order valence-corrected chi connectivity index (χ2v) is 7.05. The minimum atomic E-state index is -0.867. The SMILES string of the molecule is O=C(CCc1ccc(F)c(F)c1)N(Cc1cccc(Br)c1)C1CC1. The lowest BCUT2D eigenvalue weighted by molar-refractivity contribution is -0.132. The van der Waals surface area contributed by atoms with Crippen LogP contribution >= 0.6 is 15.9 Å². The molecule has 0 atom stereocenters. The fourth-order valence-electron chi connectivity index (χ4n) is 2.73. The van der Waals surface area contributed by atoms with Crippen LogP contribution in [0.4, 0.5) is 8.78 Å². The van der Waals surface area contributed by atoms with Crippen LogP contribution in [0.3, 0.4) is 0 Å². The van der Waals surface area contributed by atoms with Crippen molar-refractivity contribution in [3.8, 4) is 0 Å². The predicted molar refractivity (Wildman–Crippen MR) is 92.4 cm³/mol. The highest BCUT2D eigenvalue weighted by atomic mass is 79.9. The van der Waals surface area contributed by atoms with E-state index in [2.05, 4.69) is 15.9 Å². The third kappa shape index (κ3) is 4.41. The molecule has 0 aromatic heterocycles. The molecule has 2 aromatic rings. The Labute approximate surface area is 148 Å². The van der Waals surface area contributed by atoms with E-state index in [1.165, 1.54) is 12.1 Å². The Morgan fingerprint density at radius 1 is 1.08 bits per heavy atom. The van der Waals surface area contributed by atoms with Crippen LogP contribution in [0, 0.1) is 11.6 Å². The summed E-state index contributed by atoms with van der Waals surface area (Å²) >= 11 is 3.45. The number of aryl methyl sites for hydroxylation is 1. The minimum Gasteiger partial charge on any atom is -0.335 e. The van der Waals surface area contributed by atoms with Gasteiger partial charge in [0.2, 0.25) is 5.91 Å². The smallest absolute Gasteiger partial charge is 0.223 e. The summed E-state index contributed by atoms with van der Waals surface area (Å²) in [6, 6.07) is 12.0. The van der Waals surface area contributed by atoms with E-state index in [1.807, 2.05) is 29.2 Å². The summed E-state index contributed by atoms with van der Waals surface area (Å²) < 4.78 is 27.2. The van der Waals surface area contributed by atoms with Crippen LogP contribution in [0.15, 0.2) is 46.9 Å². The van der Waals surface area contributed by atoms with E-state index < -0.39 is 11.6 Å². The first kappa shape index (κ1) is 17.1. The van der Waals surface area contributed by atoms with Gasteiger partial charge in [-0.15, -0.1) is 0 Å². The first-order valence-electron chi connectivity index (χ1n) is 8.01. The van der Waals surface area contributed by atoms with Crippen molar-refractivity contribution in [1.29, 1.82) is 0 Å². The molecule has 2 nitrogen and oxygen atoms in total. The average molecular weight is 394 g/mol. The van der Waals surface area contributed by atoms with E-state index in [1.54, 1.807) is 0 Å². The van der Waals surface area contributed by atoms with Gasteiger partial charge in [-0.25, -0.2) is 8.78 Å². The van der Waals surface area contributed by atoms with E-state index in [0.29, 0.717) is 31.0 Å². The highest BCUT2D eigenvalue weighted by molar-refractivity contribution is 9.10. The lowest BCUT2D eigenvalue weighted by Gasteiger charge is -2.23. The normalized spacial score (nSPS) is 13.8. The Morgan fingerprint density at radius 3 is 2.54 bits per heavy atom. The molecule has 1 saturated carbocycles. The van der Waals surface area contributed by atoms with Crippen molar-refractivity contribution in [1.82, 2.24) is 4.90 Å². The molecular formula is C19H18BrF2NO. The Balaban J connectivity index is 1.63. The van der Waals surface area contributed by atoms with Crippen molar-refractivity contribution < 1.29 is 13.6 Å². The molecule has 2 aromatic carbocycles. The lowest BCUT2D eigenvalue weighted by atomic mass is 10.1. The van der Waals surface area contributed by atoms with Crippen LogP contribution in [0.5, 0.6) is 0 Å². The highest BCUT2D eigenvalue weighted by Gasteiger charge is 2.32. The van der Waals surface area contributed by atoms with E-state index in [0.717, 1.165) is 28.9 Å². The molecule has 1 aliphatic carbocycles. The number of amides is 1. The van der Waals surface area contributed by atoms with E-state index >= 15 is 0 Å². The Morgan fingerprint density at radius 2 is 1.88 bits per heavy atom. The average Bonchev–Trinajstić information content (AvgIpc) is 3.38. The number of carbonyl (C=O) groups excluding carboxylic acids is 1. The van der Waals surface area contributed by atoms with Gasteiger partial charge in [0.05, 0.1) is 0 Å². The van der Waals surface area contributed by atoms with Gasteiger partial charge in [0.15, 0.2) is 11.6 Å². The van der Waals surface area contributed by atoms with E-state index in [-0.39, 0.29) is 5.91 Å². The van der Waals surface area contributed by atoms with Crippen LogP contribution in [-0.4, -0.2) is 16.8 Å². The van der Waals surface area contributed by atoms with Gasteiger partial charge in [-0.2, -0.15) is 0 Å². The zero-order valence-electron chi connectivity index (χ0n) is 13.1. The molecule has 24 heavy (non-hydrogen) atoms. The maximum Gasteiger partial charge on any atom is 0.223 e. The molecule has 1 aliphatic rings. The first-order valence-corrected chi connectivity index (χ1v) is 8.80. The van der Waals surface area contributed by atoms with Crippen LogP contribution in [0.2, 0.25) is 0 Å². The number of halogens is 3. The number of hydrogen-bond donors (Lipinski definition) is 0. The maximum absolute atomic E-state index is 13.3. The number of nitrogens with zero attached hydrogens (tertiary/aromatic N) is 1. The van der Waals surface area contributed by atoms with E-state index in [4.69, 9.17) is 0 Å². The van der Waals surface area contributed by atoms with Crippen LogP contribution in [0.1, 0.15) is 30.4 Å². The molecule has 0 bridgehead atoms. The summed E-state index contributed by atoms with van der Waals surface area (Å²) in [7, 11) is 0. The first-order chi connectivity index (χ1) is 11.5. The zero-order chi connectivity index (χ0) is 17.1. The molecule has 5 heteroatoms. The molecule has 0 N–H and O–H groups in total. The second kappa shape index (κ2) is 7.43. The van der Waals surface area contributed by atoms with Crippen molar-refractivity contribution in [3.63, 3.8) is 0 Å². The predicted octanol–water partition coefficient (Wildman–Crippen LogP) is 4.85. The fourth-order valence-corrected chi connectivity index (χ4v) is 3.18. The van der Waals surface area contributed by atoms with Gasteiger partial charge in [0.25, 0.3) is 0 Å². The summed E-state index contributed by atoms with van der Waals surface area (Å²) in [5, 5.41) is 0. The van der Waals surface area contributed by atoms with Gasteiger partial charge in [-0.3, -0.25) is 4.79 Å². The maximum atomic E-state index is 13.3. The number of rotatable bonds is 6. The van der Waals surface area contributed by atoms with Gasteiger partial charge in [0, 0.05) is 23.5 Å². The van der Waals surface area contributed by atoms with Gasteiger partial charge >= 0.3 is 0 Å². The van der Waals surface area contributed by atoms with Crippen molar-refractivity contribution in [2.24, 2.45) is 0 Å². The molecule has 0 unspecified atom stereocenters. The van der Waals surface area contributed by atoms with Crippen molar-refractivity contribution in [2.75, 3.05) is 0 Å². The summed E-state index contributed by atoms with van der Waals surface area (Å²) in [6.07, 6.45) is 2.78. The number of benzene rings is 2. The quantitative estimate of drug-likeness (QED) is 0.686. The summed E-state index contributed by atoms with van der Waals surface area (Å²) in [5.41, 5.74) is 1.72. The third-order valence-electron chi connectivity index (χ3n) is 4.16. The lowest BCUT2D eigenvalue weighted by Crippen LogP contribution is -2.32. The molecule has 0 radical (unpaired) electrons. The molecule has 126 valence electrons. The largest absolute Gasteiger partial charge is 0.335 e. The molecular weight excluding hydrogens is 376 g/mol. The minimum absolute atomic E-state index is 0.0576. The third-order valence-corrected chi connectivity index (χ3v) is 4.65. The van der Waals surface area contributed by atoms with Crippen LogP contribution in [0.25, 0.3) is 0 Å². The molecule has 0 saturated heterocycles.